The van der Waals surface area contributed by atoms with Crippen molar-refractivity contribution < 1.29 is 0 Å². The highest BCUT2D eigenvalue weighted by Crippen LogP contribution is 2.46. The van der Waals surface area contributed by atoms with E-state index in [9.17, 15) is 0 Å². The molecule has 0 radical (unpaired) electrons. The van der Waals surface area contributed by atoms with Gasteiger partial charge in [-0.15, -0.1) is 0 Å². The molecule has 0 aromatic rings. The lowest BCUT2D eigenvalue weighted by Crippen LogP contribution is -2.47. The van der Waals surface area contributed by atoms with Gasteiger partial charge in [-0.3, -0.25) is 0 Å². The smallest absolute Gasteiger partial charge is 0.0281 e. The van der Waals surface area contributed by atoms with E-state index in [1.54, 1.807) is 0 Å². The second-order valence-corrected chi connectivity index (χ2v) is 7.18. The molecule has 3 aliphatic rings. The van der Waals surface area contributed by atoms with E-state index < -0.39 is 0 Å². The Kier molecular flexibility index (Phi) is 2.76. The van der Waals surface area contributed by atoms with Gasteiger partial charge < -0.3 is 5.32 Å². The van der Waals surface area contributed by atoms with Crippen LogP contribution in [0, 0.1) is 11.8 Å². The first-order valence-corrected chi connectivity index (χ1v) is 7.82. The summed E-state index contributed by atoms with van der Waals surface area (Å²) in [7, 11) is 0. The van der Waals surface area contributed by atoms with Gasteiger partial charge in [0.1, 0.15) is 0 Å². The predicted molar refractivity (Wildman–Crippen MR) is 67.3 cm³/mol. The Bertz CT molecular complexity index is 231. The summed E-state index contributed by atoms with van der Waals surface area (Å²) in [6, 6.07) is 0.883. The summed E-state index contributed by atoms with van der Waals surface area (Å²) >= 11 is 2.10. The second kappa shape index (κ2) is 3.96. The van der Waals surface area contributed by atoms with Crippen molar-refractivity contribution in [2.75, 3.05) is 12.8 Å². The van der Waals surface area contributed by atoms with Crippen LogP contribution in [0.15, 0.2) is 0 Å². The summed E-state index contributed by atoms with van der Waals surface area (Å²) in [5.41, 5.74) is 0. The Morgan fingerprint density at radius 3 is 2.60 bits per heavy atom. The van der Waals surface area contributed by atoms with Gasteiger partial charge >= 0.3 is 0 Å². The molecule has 0 heterocycles. The fraction of sp³-hybridized carbons (Fsp3) is 1.00. The molecule has 3 atom stereocenters. The van der Waals surface area contributed by atoms with Gasteiger partial charge in [0.15, 0.2) is 0 Å². The largest absolute Gasteiger partial charge is 0.312 e. The molecule has 1 N–H and O–H groups in total. The van der Waals surface area contributed by atoms with Crippen LogP contribution >= 0.6 is 11.8 Å². The molecule has 0 saturated heterocycles. The van der Waals surface area contributed by atoms with Gasteiger partial charge in [-0.1, -0.05) is 12.8 Å². The third-order valence-corrected chi connectivity index (χ3v) is 6.54. The van der Waals surface area contributed by atoms with Crippen molar-refractivity contribution in [1.29, 1.82) is 0 Å². The molecule has 86 valence electrons. The average Bonchev–Trinajstić information content (AvgIpc) is 2.78. The lowest BCUT2D eigenvalue weighted by atomic mass is 9.83. The minimum absolute atomic E-state index is 0.627. The lowest BCUT2D eigenvalue weighted by molar-refractivity contribution is 0.291. The molecule has 15 heavy (non-hydrogen) atoms. The fourth-order valence-corrected chi connectivity index (χ4v) is 4.76. The molecule has 3 saturated carbocycles. The molecule has 2 bridgehead atoms. The molecule has 0 aromatic heterocycles. The van der Waals surface area contributed by atoms with Crippen LogP contribution in [-0.4, -0.2) is 23.6 Å². The number of hydrogen-bond donors (Lipinski definition) is 1. The molecule has 2 heteroatoms. The first-order valence-electron chi connectivity index (χ1n) is 6.60. The van der Waals surface area contributed by atoms with E-state index in [4.69, 9.17) is 0 Å². The lowest BCUT2D eigenvalue weighted by Gasteiger charge is -2.42. The number of nitrogens with one attached hydrogen (secondary N) is 1. The van der Waals surface area contributed by atoms with E-state index in [2.05, 4.69) is 23.3 Å². The molecule has 3 fully saturated rings. The van der Waals surface area contributed by atoms with Gasteiger partial charge in [0.25, 0.3) is 0 Å². The first-order chi connectivity index (χ1) is 7.31. The Balaban J connectivity index is 1.50. The minimum atomic E-state index is 0.627. The zero-order chi connectivity index (χ0) is 10.3. The van der Waals surface area contributed by atoms with Gasteiger partial charge in [0, 0.05) is 17.3 Å². The van der Waals surface area contributed by atoms with Crippen molar-refractivity contribution in [3.63, 3.8) is 0 Å². The number of thioether (sulfide) groups is 1. The SMILES string of the molecule is CSC1(CNC2CC3CCC2C3)CCC1. The Morgan fingerprint density at radius 2 is 2.13 bits per heavy atom. The predicted octanol–water partition coefficient (Wildman–Crippen LogP) is 3.05. The second-order valence-electron chi connectivity index (χ2n) is 5.90. The molecular formula is C13H23NS. The van der Waals surface area contributed by atoms with Gasteiger partial charge in [-0.05, 0) is 50.2 Å². The van der Waals surface area contributed by atoms with E-state index in [-0.39, 0.29) is 0 Å². The molecule has 0 aliphatic heterocycles. The van der Waals surface area contributed by atoms with Crippen molar-refractivity contribution in [2.24, 2.45) is 11.8 Å². The minimum Gasteiger partial charge on any atom is -0.312 e. The number of rotatable bonds is 4. The molecule has 3 unspecified atom stereocenters. The van der Waals surface area contributed by atoms with Crippen LogP contribution in [0.1, 0.15) is 44.9 Å². The van der Waals surface area contributed by atoms with Crippen LogP contribution in [0.3, 0.4) is 0 Å². The maximum atomic E-state index is 3.89. The van der Waals surface area contributed by atoms with Crippen LogP contribution in [-0.2, 0) is 0 Å². The molecule has 0 amide bonds. The quantitative estimate of drug-likeness (QED) is 0.789. The molecule has 0 spiro atoms. The maximum absolute atomic E-state index is 3.89. The third kappa shape index (κ3) is 1.84. The van der Waals surface area contributed by atoms with Crippen molar-refractivity contribution >= 4 is 11.8 Å². The zero-order valence-corrected chi connectivity index (χ0v) is 10.6. The highest BCUT2D eigenvalue weighted by molar-refractivity contribution is 8.00. The summed E-state index contributed by atoms with van der Waals surface area (Å²) in [4.78, 5) is 0. The van der Waals surface area contributed by atoms with Crippen LogP contribution in [0.2, 0.25) is 0 Å². The fourth-order valence-electron chi connectivity index (χ4n) is 3.84. The highest BCUT2D eigenvalue weighted by atomic mass is 32.2. The Morgan fingerprint density at radius 1 is 1.27 bits per heavy atom. The monoisotopic (exact) mass is 225 g/mol. The number of fused-ring (bicyclic) bond motifs is 2. The van der Waals surface area contributed by atoms with Gasteiger partial charge in [-0.2, -0.15) is 11.8 Å². The first kappa shape index (κ1) is 10.5. The van der Waals surface area contributed by atoms with E-state index >= 15 is 0 Å². The van der Waals surface area contributed by atoms with Crippen molar-refractivity contribution in [2.45, 2.75) is 55.7 Å². The van der Waals surface area contributed by atoms with Gasteiger partial charge in [-0.25, -0.2) is 0 Å². The molecule has 3 rings (SSSR count). The molecule has 3 aliphatic carbocycles. The number of hydrogen-bond acceptors (Lipinski definition) is 2. The summed E-state index contributed by atoms with van der Waals surface area (Å²) in [6.45, 7) is 1.28. The zero-order valence-electron chi connectivity index (χ0n) is 9.80. The molecule has 0 aromatic carbocycles. The highest BCUT2D eigenvalue weighted by Gasteiger charge is 2.41. The molecule has 1 nitrogen and oxygen atoms in total. The Labute approximate surface area is 97.8 Å². The van der Waals surface area contributed by atoms with E-state index in [1.165, 1.54) is 51.5 Å². The summed E-state index contributed by atoms with van der Waals surface area (Å²) in [5, 5.41) is 3.89. The van der Waals surface area contributed by atoms with Crippen molar-refractivity contribution in [3.05, 3.63) is 0 Å². The third-order valence-electron chi connectivity index (χ3n) is 5.12. The van der Waals surface area contributed by atoms with E-state index in [1.807, 2.05) is 0 Å². The maximum Gasteiger partial charge on any atom is 0.0281 e. The summed E-state index contributed by atoms with van der Waals surface area (Å²) in [5.74, 6) is 2.12. The van der Waals surface area contributed by atoms with Gasteiger partial charge in [0.2, 0.25) is 0 Å². The normalized spacial score (nSPS) is 41.8. The standard InChI is InChI=1S/C13H23NS/c1-15-13(5-2-6-13)9-14-12-8-10-3-4-11(12)7-10/h10-12,14H,2-9H2,1H3. The van der Waals surface area contributed by atoms with Crippen molar-refractivity contribution in [3.8, 4) is 0 Å². The molecular weight excluding hydrogens is 202 g/mol. The average molecular weight is 225 g/mol. The van der Waals surface area contributed by atoms with Crippen molar-refractivity contribution in [1.82, 2.24) is 5.32 Å². The van der Waals surface area contributed by atoms with Crippen LogP contribution in [0.4, 0.5) is 0 Å². The van der Waals surface area contributed by atoms with Crippen LogP contribution < -0.4 is 5.32 Å². The van der Waals surface area contributed by atoms with E-state index in [0.29, 0.717) is 4.75 Å². The van der Waals surface area contributed by atoms with E-state index in [0.717, 1.165) is 17.9 Å². The van der Waals surface area contributed by atoms with Gasteiger partial charge in [0.05, 0.1) is 0 Å². The summed E-state index contributed by atoms with van der Waals surface area (Å²) < 4.78 is 0.627. The Hall–Kier alpha value is 0.310. The summed E-state index contributed by atoms with van der Waals surface area (Å²) in [6.07, 6.45) is 12.7. The van der Waals surface area contributed by atoms with Crippen LogP contribution in [0.25, 0.3) is 0 Å². The van der Waals surface area contributed by atoms with Crippen LogP contribution in [0.5, 0.6) is 0 Å². The topological polar surface area (TPSA) is 12.0 Å².